The average molecular weight is 396 g/mol. The van der Waals surface area contributed by atoms with Crippen LogP contribution in [0.2, 0.25) is 0 Å². The van der Waals surface area contributed by atoms with Gasteiger partial charge in [0, 0.05) is 25.5 Å². The van der Waals surface area contributed by atoms with Gasteiger partial charge in [-0.15, -0.1) is 17.5 Å². The molecule has 0 unspecified atom stereocenters. The number of nitrogens with zero attached hydrogens (tertiary/aromatic N) is 3. The number of nitrogens with one attached hydrogen (secondary N) is 2. The Labute approximate surface area is 164 Å². The second-order valence-electron chi connectivity index (χ2n) is 6.84. The Kier molecular flexibility index (Phi) is 7.70. The van der Waals surface area contributed by atoms with Crippen LogP contribution in [-0.4, -0.2) is 54.3 Å². The number of halogens is 1. The summed E-state index contributed by atoms with van der Waals surface area (Å²) >= 11 is 0. The zero-order chi connectivity index (χ0) is 18.4. The fourth-order valence-corrected chi connectivity index (χ4v) is 3.39. The SMILES string of the molecule is COCC1(CNC(=O)CCn2nnc3ccccc3c2=O)CCNCC1.Cl. The van der Waals surface area contributed by atoms with Crippen molar-refractivity contribution in [2.24, 2.45) is 5.41 Å². The number of hydrogen-bond donors (Lipinski definition) is 2. The summed E-state index contributed by atoms with van der Waals surface area (Å²) in [7, 11) is 1.69. The van der Waals surface area contributed by atoms with E-state index in [-0.39, 0.29) is 42.3 Å². The average Bonchev–Trinajstić information content (AvgIpc) is 2.67. The van der Waals surface area contributed by atoms with Crippen LogP contribution in [0.3, 0.4) is 0 Å². The van der Waals surface area contributed by atoms with Gasteiger partial charge in [-0.2, -0.15) is 0 Å². The lowest BCUT2D eigenvalue weighted by Gasteiger charge is -2.37. The predicted octanol–water partition coefficient (Wildman–Crippen LogP) is 0.736. The summed E-state index contributed by atoms with van der Waals surface area (Å²) < 4.78 is 6.61. The molecule has 9 heteroatoms. The Morgan fingerprint density at radius 1 is 1.33 bits per heavy atom. The van der Waals surface area contributed by atoms with E-state index in [2.05, 4.69) is 20.9 Å². The standard InChI is InChI=1S/C18H25N5O3.ClH/c1-26-13-18(7-9-19-10-8-18)12-20-16(24)6-11-23-17(25)14-4-2-3-5-15(14)21-22-23;/h2-5,19H,6-13H2,1H3,(H,20,24);1H. The molecule has 1 amide bonds. The molecule has 2 heterocycles. The maximum Gasteiger partial charge on any atom is 0.277 e. The van der Waals surface area contributed by atoms with Gasteiger partial charge in [-0.05, 0) is 38.1 Å². The molecule has 0 aliphatic carbocycles. The number of aromatic nitrogens is 3. The predicted molar refractivity (Wildman–Crippen MR) is 105 cm³/mol. The molecule has 8 nitrogen and oxygen atoms in total. The largest absolute Gasteiger partial charge is 0.384 e. The first-order valence-corrected chi connectivity index (χ1v) is 8.92. The highest BCUT2D eigenvalue weighted by atomic mass is 35.5. The van der Waals surface area contributed by atoms with Crippen LogP contribution < -0.4 is 16.2 Å². The first-order chi connectivity index (χ1) is 12.6. The number of fused-ring (bicyclic) bond motifs is 1. The summed E-state index contributed by atoms with van der Waals surface area (Å²) in [4.78, 5) is 24.6. The molecule has 1 saturated heterocycles. The fourth-order valence-electron chi connectivity index (χ4n) is 3.39. The molecule has 0 radical (unpaired) electrons. The molecule has 27 heavy (non-hydrogen) atoms. The Balaban J connectivity index is 0.00000261. The lowest BCUT2D eigenvalue weighted by molar-refractivity contribution is -0.122. The van der Waals surface area contributed by atoms with Gasteiger partial charge in [0.05, 0.1) is 18.5 Å². The van der Waals surface area contributed by atoms with Gasteiger partial charge in [0.1, 0.15) is 5.52 Å². The van der Waals surface area contributed by atoms with Crippen LogP contribution in [0.25, 0.3) is 10.9 Å². The topological polar surface area (TPSA) is 98.1 Å². The first-order valence-electron chi connectivity index (χ1n) is 8.92. The van der Waals surface area contributed by atoms with E-state index in [9.17, 15) is 9.59 Å². The Hall–Kier alpha value is -2.03. The molecule has 1 aromatic carbocycles. The van der Waals surface area contributed by atoms with E-state index in [0.29, 0.717) is 24.1 Å². The molecule has 1 aliphatic heterocycles. The van der Waals surface area contributed by atoms with Crippen LogP contribution in [0.4, 0.5) is 0 Å². The van der Waals surface area contributed by atoms with Crippen molar-refractivity contribution < 1.29 is 9.53 Å². The third-order valence-electron chi connectivity index (χ3n) is 4.96. The van der Waals surface area contributed by atoms with Crippen molar-refractivity contribution in [2.45, 2.75) is 25.8 Å². The maximum atomic E-state index is 12.4. The second kappa shape index (κ2) is 9.77. The van der Waals surface area contributed by atoms with E-state index >= 15 is 0 Å². The summed E-state index contributed by atoms with van der Waals surface area (Å²) in [5, 5.41) is 14.8. The number of ether oxygens (including phenoxy) is 1. The van der Waals surface area contributed by atoms with E-state index < -0.39 is 0 Å². The van der Waals surface area contributed by atoms with Crippen molar-refractivity contribution in [1.82, 2.24) is 25.6 Å². The molecule has 148 valence electrons. The van der Waals surface area contributed by atoms with Gasteiger partial charge in [0.15, 0.2) is 0 Å². The van der Waals surface area contributed by atoms with E-state index in [4.69, 9.17) is 4.74 Å². The quantitative estimate of drug-likeness (QED) is 0.717. The number of carbonyl (C=O) groups excluding carboxylic acids is 1. The number of aryl methyl sites for hydroxylation is 1. The molecule has 1 aliphatic rings. The number of methoxy groups -OCH3 is 1. The van der Waals surface area contributed by atoms with E-state index in [1.54, 1.807) is 25.3 Å². The molecule has 3 rings (SSSR count). The molecule has 1 aromatic heterocycles. The fraction of sp³-hybridized carbons (Fsp3) is 0.556. The van der Waals surface area contributed by atoms with Crippen molar-refractivity contribution in [3.63, 3.8) is 0 Å². The summed E-state index contributed by atoms with van der Waals surface area (Å²) in [5.41, 5.74) is 0.318. The maximum absolute atomic E-state index is 12.4. The van der Waals surface area contributed by atoms with Gasteiger partial charge in [0.2, 0.25) is 5.91 Å². The smallest absolute Gasteiger partial charge is 0.277 e. The summed E-state index contributed by atoms with van der Waals surface area (Å²) in [5.74, 6) is -0.0964. The van der Waals surface area contributed by atoms with E-state index in [1.807, 2.05) is 6.07 Å². The Morgan fingerprint density at radius 3 is 2.81 bits per heavy atom. The van der Waals surface area contributed by atoms with Crippen molar-refractivity contribution in [3.8, 4) is 0 Å². The molecule has 2 N–H and O–H groups in total. The molecule has 1 fully saturated rings. The van der Waals surface area contributed by atoms with Crippen molar-refractivity contribution in [3.05, 3.63) is 34.6 Å². The zero-order valence-corrected chi connectivity index (χ0v) is 16.3. The Bertz CT molecular complexity index is 814. The van der Waals surface area contributed by atoms with Crippen LogP contribution in [-0.2, 0) is 16.1 Å². The van der Waals surface area contributed by atoms with Gasteiger partial charge in [-0.25, -0.2) is 4.68 Å². The van der Waals surface area contributed by atoms with Gasteiger partial charge < -0.3 is 15.4 Å². The summed E-state index contributed by atoms with van der Waals surface area (Å²) in [6, 6.07) is 7.06. The van der Waals surface area contributed by atoms with E-state index in [1.165, 1.54) is 4.68 Å². The van der Waals surface area contributed by atoms with Crippen LogP contribution in [0, 0.1) is 5.41 Å². The second-order valence-corrected chi connectivity index (χ2v) is 6.84. The molecular weight excluding hydrogens is 370 g/mol. The van der Waals surface area contributed by atoms with Crippen LogP contribution in [0.15, 0.2) is 29.1 Å². The van der Waals surface area contributed by atoms with Crippen molar-refractivity contribution >= 4 is 29.2 Å². The normalized spacial score (nSPS) is 15.9. The first kappa shape index (κ1) is 21.3. The third-order valence-corrected chi connectivity index (χ3v) is 4.96. The van der Waals surface area contributed by atoms with E-state index in [0.717, 1.165) is 25.9 Å². The van der Waals surface area contributed by atoms with Crippen LogP contribution in [0.1, 0.15) is 19.3 Å². The number of benzene rings is 1. The van der Waals surface area contributed by atoms with Gasteiger partial charge in [-0.1, -0.05) is 17.3 Å². The third kappa shape index (κ3) is 5.24. The molecule has 2 aromatic rings. The Morgan fingerprint density at radius 2 is 2.07 bits per heavy atom. The number of hydrogen-bond acceptors (Lipinski definition) is 6. The lowest BCUT2D eigenvalue weighted by atomic mass is 9.79. The van der Waals surface area contributed by atoms with Gasteiger partial charge in [0.25, 0.3) is 5.56 Å². The molecule has 0 saturated carbocycles. The minimum absolute atomic E-state index is 0. The van der Waals surface area contributed by atoms with Crippen molar-refractivity contribution in [2.75, 3.05) is 33.4 Å². The zero-order valence-electron chi connectivity index (χ0n) is 15.4. The minimum atomic E-state index is -0.224. The highest BCUT2D eigenvalue weighted by Crippen LogP contribution is 2.28. The highest BCUT2D eigenvalue weighted by Gasteiger charge is 2.32. The highest BCUT2D eigenvalue weighted by molar-refractivity contribution is 5.85. The van der Waals surface area contributed by atoms with Crippen LogP contribution in [0.5, 0.6) is 0 Å². The summed E-state index contributed by atoms with van der Waals surface area (Å²) in [6.07, 6.45) is 2.13. The molecule has 0 atom stereocenters. The molecule has 0 spiro atoms. The number of carbonyl (C=O) groups is 1. The molecular formula is C18H26ClN5O3. The lowest BCUT2D eigenvalue weighted by Crippen LogP contribution is -2.47. The van der Waals surface area contributed by atoms with Gasteiger partial charge >= 0.3 is 0 Å². The number of rotatable bonds is 7. The number of piperidine rings is 1. The monoisotopic (exact) mass is 395 g/mol. The van der Waals surface area contributed by atoms with Crippen LogP contribution >= 0.6 is 12.4 Å². The molecule has 0 bridgehead atoms. The van der Waals surface area contributed by atoms with Gasteiger partial charge in [-0.3, -0.25) is 9.59 Å². The van der Waals surface area contributed by atoms with Crippen molar-refractivity contribution in [1.29, 1.82) is 0 Å². The summed E-state index contributed by atoms with van der Waals surface area (Å²) in [6.45, 7) is 3.29. The minimum Gasteiger partial charge on any atom is -0.384 e. The number of amides is 1.